The number of nitrogens with zero attached hydrogens (tertiary/aromatic N) is 1. The molecule has 1 fully saturated rings. The summed E-state index contributed by atoms with van der Waals surface area (Å²) in [5.41, 5.74) is 2.00. The predicted molar refractivity (Wildman–Crippen MR) is 103 cm³/mol. The van der Waals surface area contributed by atoms with Crippen molar-refractivity contribution in [3.8, 4) is 5.75 Å². The first-order valence-corrected chi connectivity index (χ1v) is 8.78. The van der Waals surface area contributed by atoms with E-state index in [-0.39, 0.29) is 18.3 Å². The number of halogens is 2. The number of benzene rings is 2. The maximum atomic E-state index is 12.9. The molecule has 0 bridgehead atoms. The maximum absolute atomic E-state index is 12.9. The lowest BCUT2D eigenvalue weighted by atomic mass is 10.2. The molecule has 0 aliphatic carbocycles. The molecule has 1 N–H and O–H groups in total. The minimum Gasteiger partial charge on any atom is -0.487 e. The van der Waals surface area contributed by atoms with Gasteiger partial charge in [-0.2, -0.15) is 0 Å². The minimum atomic E-state index is -0.291. The molecule has 1 aliphatic heterocycles. The molecule has 4 nitrogen and oxygen atoms in total. The van der Waals surface area contributed by atoms with Crippen molar-refractivity contribution in [1.29, 1.82) is 0 Å². The SMILES string of the molecule is CCN1C(=O)/C(=C/c2ccc(OCc3ccc(F)cc3)c(Cl)c2)NC1=S. The standard InChI is InChI=1S/C19H16ClFN2O2S/c1-2-23-18(24)16(22-19(23)26)10-13-5-8-17(15(20)9-13)25-11-12-3-6-14(21)7-4-12/h3-10H,2,11H2,1H3,(H,22,26)/b16-10-. The van der Waals surface area contributed by atoms with Crippen LogP contribution < -0.4 is 10.1 Å². The first-order chi connectivity index (χ1) is 12.5. The zero-order valence-electron chi connectivity index (χ0n) is 14.0. The quantitative estimate of drug-likeness (QED) is 0.615. The van der Waals surface area contributed by atoms with Crippen LogP contribution in [0.15, 0.2) is 48.2 Å². The van der Waals surface area contributed by atoms with Gasteiger partial charge in [-0.3, -0.25) is 9.69 Å². The minimum absolute atomic E-state index is 0.162. The highest BCUT2D eigenvalue weighted by Crippen LogP contribution is 2.27. The van der Waals surface area contributed by atoms with Crippen molar-refractivity contribution in [3.05, 3.63) is 70.1 Å². The highest BCUT2D eigenvalue weighted by molar-refractivity contribution is 7.80. The number of nitrogens with one attached hydrogen (secondary N) is 1. The van der Waals surface area contributed by atoms with Gasteiger partial charge in [-0.05, 0) is 60.6 Å². The number of carbonyl (C=O) groups excluding carboxylic acids is 1. The molecule has 2 aromatic carbocycles. The highest BCUT2D eigenvalue weighted by Gasteiger charge is 2.28. The average molecular weight is 391 g/mol. The molecule has 26 heavy (non-hydrogen) atoms. The van der Waals surface area contributed by atoms with Crippen molar-refractivity contribution in [2.24, 2.45) is 0 Å². The number of rotatable bonds is 5. The summed E-state index contributed by atoms with van der Waals surface area (Å²) in [6.07, 6.45) is 1.69. The van der Waals surface area contributed by atoms with Crippen LogP contribution in [0.2, 0.25) is 5.02 Å². The lowest BCUT2D eigenvalue weighted by molar-refractivity contribution is -0.122. The number of carbonyl (C=O) groups is 1. The molecule has 1 heterocycles. The normalized spacial score (nSPS) is 15.5. The summed E-state index contributed by atoms with van der Waals surface area (Å²) in [5.74, 6) is 0.0557. The topological polar surface area (TPSA) is 41.6 Å². The first-order valence-electron chi connectivity index (χ1n) is 7.99. The van der Waals surface area contributed by atoms with Crippen LogP contribution >= 0.6 is 23.8 Å². The number of likely N-dealkylation sites (N-methyl/N-ethyl adjacent to an activating group) is 1. The first kappa shape index (κ1) is 18.4. The third-order valence-electron chi connectivity index (χ3n) is 3.85. The summed E-state index contributed by atoms with van der Waals surface area (Å²) in [6.45, 7) is 2.65. The van der Waals surface area contributed by atoms with Crippen LogP contribution in [0.1, 0.15) is 18.1 Å². The van der Waals surface area contributed by atoms with Crippen LogP contribution in [0, 0.1) is 5.82 Å². The summed E-state index contributed by atoms with van der Waals surface area (Å²) in [7, 11) is 0. The van der Waals surface area contributed by atoms with Gasteiger partial charge in [-0.15, -0.1) is 0 Å². The summed E-state index contributed by atoms with van der Waals surface area (Å²) in [5, 5.41) is 3.72. The Morgan fingerprint density at radius 3 is 2.62 bits per heavy atom. The highest BCUT2D eigenvalue weighted by atomic mass is 35.5. The molecule has 1 saturated heterocycles. The van der Waals surface area contributed by atoms with Crippen molar-refractivity contribution in [2.45, 2.75) is 13.5 Å². The van der Waals surface area contributed by atoms with Crippen LogP contribution in [-0.2, 0) is 11.4 Å². The van der Waals surface area contributed by atoms with E-state index in [4.69, 9.17) is 28.6 Å². The van der Waals surface area contributed by atoms with Gasteiger partial charge in [0.05, 0.1) is 5.02 Å². The second kappa shape index (κ2) is 7.85. The Balaban J connectivity index is 1.71. The average Bonchev–Trinajstić information content (AvgIpc) is 2.88. The van der Waals surface area contributed by atoms with Crippen molar-refractivity contribution in [1.82, 2.24) is 10.2 Å². The molecular weight excluding hydrogens is 375 g/mol. The number of hydrogen-bond acceptors (Lipinski definition) is 3. The summed E-state index contributed by atoms with van der Waals surface area (Å²) in [4.78, 5) is 13.7. The van der Waals surface area contributed by atoms with E-state index in [1.807, 2.05) is 6.92 Å². The fraction of sp³-hybridized carbons (Fsp3) is 0.158. The third-order valence-corrected chi connectivity index (χ3v) is 4.47. The van der Waals surface area contributed by atoms with Crippen molar-refractivity contribution < 1.29 is 13.9 Å². The summed E-state index contributed by atoms with van der Waals surface area (Å²) >= 11 is 11.4. The second-order valence-electron chi connectivity index (χ2n) is 5.64. The molecule has 1 amide bonds. The zero-order chi connectivity index (χ0) is 18.7. The molecule has 0 atom stereocenters. The molecular formula is C19H16ClFN2O2S. The molecule has 0 spiro atoms. The van der Waals surface area contributed by atoms with Crippen LogP contribution in [0.4, 0.5) is 4.39 Å². The largest absolute Gasteiger partial charge is 0.487 e. The van der Waals surface area contributed by atoms with E-state index in [1.54, 1.807) is 36.4 Å². The van der Waals surface area contributed by atoms with Crippen molar-refractivity contribution in [2.75, 3.05) is 6.54 Å². The van der Waals surface area contributed by atoms with Gasteiger partial charge in [0.1, 0.15) is 23.9 Å². The second-order valence-corrected chi connectivity index (χ2v) is 6.44. The Bertz CT molecular complexity index is 884. The Hall–Kier alpha value is -2.44. The summed E-state index contributed by atoms with van der Waals surface area (Å²) in [6, 6.07) is 11.3. The van der Waals surface area contributed by atoms with E-state index in [0.717, 1.165) is 11.1 Å². The monoisotopic (exact) mass is 390 g/mol. The van der Waals surface area contributed by atoms with Gasteiger partial charge in [-0.25, -0.2) is 4.39 Å². The van der Waals surface area contributed by atoms with Crippen molar-refractivity contribution >= 4 is 40.9 Å². The lowest BCUT2D eigenvalue weighted by Gasteiger charge is -2.09. The number of thiocarbonyl (C=S) groups is 1. The smallest absolute Gasteiger partial charge is 0.276 e. The molecule has 2 aromatic rings. The van der Waals surface area contributed by atoms with Gasteiger partial charge in [0.25, 0.3) is 5.91 Å². The molecule has 3 rings (SSSR count). The molecule has 0 radical (unpaired) electrons. The molecule has 7 heteroatoms. The molecule has 134 valence electrons. The zero-order valence-corrected chi connectivity index (χ0v) is 15.5. The molecule has 1 aliphatic rings. The van der Waals surface area contributed by atoms with Crippen molar-refractivity contribution in [3.63, 3.8) is 0 Å². The maximum Gasteiger partial charge on any atom is 0.276 e. The number of amides is 1. The van der Waals surface area contributed by atoms with E-state index >= 15 is 0 Å². The van der Waals surface area contributed by atoms with E-state index in [0.29, 0.717) is 28.1 Å². The third kappa shape index (κ3) is 4.03. The van der Waals surface area contributed by atoms with Crippen LogP contribution in [0.3, 0.4) is 0 Å². The van der Waals surface area contributed by atoms with E-state index in [9.17, 15) is 9.18 Å². The Morgan fingerprint density at radius 2 is 2.00 bits per heavy atom. The Labute approximate surface area is 161 Å². The Kier molecular flexibility index (Phi) is 5.54. The number of hydrogen-bond donors (Lipinski definition) is 1. The van der Waals surface area contributed by atoms with E-state index in [2.05, 4.69) is 5.32 Å². The molecule has 0 saturated carbocycles. The van der Waals surface area contributed by atoms with Crippen LogP contribution in [-0.4, -0.2) is 22.5 Å². The van der Waals surface area contributed by atoms with E-state index in [1.165, 1.54) is 17.0 Å². The molecule has 0 unspecified atom stereocenters. The molecule has 0 aromatic heterocycles. The summed E-state index contributed by atoms with van der Waals surface area (Å²) < 4.78 is 18.6. The fourth-order valence-corrected chi connectivity index (χ4v) is 3.06. The van der Waals surface area contributed by atoms with E-state index < -0.39 is 0 Å². The Morgan fingerprint density at radius 1 is 1.27 bits per heavy atom. The van der Waals surface area contributed by atoms with Crippen LogP contribution in [0.25, 0.3) is 6.08 Å². The van der Waals surface area contributed by atoms with Crippen LogP contribution in [0.5, 0.6) is 5.75 Å². The predicted octanol–water partition coefficient (Wildman–Crippen LogP) is 4.14. The van der Waals surface area contributed by atoms with Gasteiger partial charge in [-0.1, -0.05) is 29.8 Å². The van der Waals surface area contributed by atoms with Gasteiger partial charge < -0.3 is 10.1 Å². The number of ether oxygens (including phenoxy) is 1. The van der Waals surface area contributed by atoms with Gasteiger partial charge in [0.15, 0.2) is 5.11 Å². The van der Waals surface area contributed by atoms with Gasteiger partial charge in [0, 0.05) is 6.54 Å². The lowest BCUT2D eigenvalue weighted by Crippen LogP contribution is -2.30. The fourth-order valence-electron chi connectivity index (χ4n) is 2.49. The van der Waals surface area contributed by atoms with Gasteiger partial charge in [0.2, 0.25) is 0 Å². The van der Waals surface area contributed by atoms with Gasteiger partial charge >= 0.3 is 0 Å².